The standard InChI is InChI=1S/C21H23F3IN3O5/c1-11(2)17(30)10-33-26-9-12-7-14(21(31)28-32-6-5-29)20(19(24)18(12)23)27-16-4-3-13(25)8-15(16)22/h3-4,7-8,11,26-27,29H,5-6,9-10H2,1-2H3,(H,28,31). The van der Waals surface area contributed by atoms with Gasteiger partial charge in [-0.25, -0.2) is 18.7 Å². The fourth-order valence-corrected chi connectivity index (χ4v) is 2.92. The molecule has 33 heavy (non-hydrogen) atoms. The number of halogens is 4. The van der Waals surface area contributed by atoms with E-state index in [0.717, 1.165) is 6.07 Å². The van der Waals surface area contributed by atoms with E-state index in [0.29, 0.717) is 3.57 Å². The average molecular weight is 581 g/mol. The number of rotatable bonds is 12. The summed E-state index contributed by atoms with van der Waals surface area (Å²) in [6, 6.07) is 5.06. The molecule has 8 nitrogen and oxygen atoms in total. The van der Waals surface area contributed by atoms with Crippen LogP contribution in [0.25, 0.3) is 0 Å². The van der Waals surface area contributed by atoms with Crippen molar-refractivity contribution in [3.63, 3.8) is 0 Å². The van der Waals surface area contributed by atoms with E-state index < -0.39 is 35.7 Å². The van der Waals surface area contributed by atoms with Crippen molar-refractivity contribution in [3.8, 4) is 0 Å². The Balaban J connectivity index is 2.34. The first-order chi connectivity index (χ1) is 15.6. The van der Waals surface area contributed by atoms with Gasteiger partial charge in [0.1, 0.15) is 12.4 Å². The van der Waals surface area contributed by atoms with Gasteiger partial charge < -0.3 is 10.4 Å². The van der Waals surface area contributed by atoms with Gasteiger partial charge in [0.2, 0.25) is 0 Å². The van der Waals surface area contributed by atoms with E-state index in [9.17, 15) is 22.8 Å². The number of aliphatic hydroxyl groups excluding tert-OH is 1. The van der Waals surface area contributed by atoms with Crippen LogP contribution in [0.15, 0.2) is 24.3 Å². The van der Waals surface area contributed by atoms with Crippen LogP contribution in [0.4, 0.5) is 24.5 Å². The molecule has 0 unspecified atom stereocenters. The van der Waals surface area contributed by atoms with Crippen molar-refractivity contribution in [1.29, 1.82) is 0 Å². The number of nitrogens with one attached hydrogen (secondary N) is 3. The van der Waals surface area contributed by atoms with Gasteiger partial charge in [-0.05, 0) is 46.9 Å². The summed E-state index contributed by atoms with van der Waals surface area (Å²) in [6.07, 6.45) is 0. The highest BCUT2D eigenvalue weighted by atomic mass is 127. The zero-order valence-electron chi connectivity index (χ0n) is 17.8. The zero-order chi connectivity index (χ0) is 24.5. The molecule has 0 heterocycles. The second-order valence-corrected chi connectivity index (χ2v) is 8.32. The lowest BCUT2D eigenvalue weighted by Crippen LogP contribution is -2.27. The van der Waals surface area contributed by atoms with E-state index >= 15 is 0 Å². The molecule has 0 radical (unpaired) electrons. The minimum atomic E-state index is -1.43. The Kier molecular flexibility index (Phi) is 10.5. The van der Waals surface area contributed by atoms with Gasteiger partial charge in [-0.2, -0.15) is 5.48 Å². The molecule has 0 atom stereocenters. The minimum absolute atomic E-state index is 0.180. The molecule has 0 spiro atoms. The van der Waals surface area contributed by atoms with E-state index in [-0.39, 0.29) is 48.3 Å². The summed E-state index contributed by atoms with van der Waals surface area (Å²) in [5.41, 5.74) is 2.88. The number of hydroxylamine groups is 2. The number of aliphatic hydroxyl groups is 1. The lowest BCUT2D eigenvalue weighted by atomic mass is 10.1. The SMILES string of the molecule is CC(C)C(=O)CONCc1cc(C(=O)NOCCO)c(Nc2ccc(I)cc2F)c(F)c1F. The topological polar surface area (TPSA) is 109 Å². The quantitative estimate of drug-likeness (QED) is 0.173. The van der Waals surface area contributed by atoms with E-state index in [4.69, 9.17) is 14.8 Å². The van der Waals surface area contributed by atoms with Crippen molar-refractivity contribution >= 4 is 45.7 Å². The van der Waals surface area contributed by atoms with Crippen LogP contribution in [0.2, 0.25) is 0 Å². The van der Waals surface area contributed by atoms with Gasteiger partial charge in [0.15, 0.2) is 17.4 Å². The molecule has 2 rings (SSSR count). The molecular formula is C21H23F3IN3O5. The molecule has 0 saturated carbocycles. The number of benzene rings is 2. The Morgan fingerprint density at radius 2 is 1.85 bits per heavy atom. The second kappa shape index (κ2) is 12.8. The van der Waals surface area contributed by atoms with Crippen LogP contribution in [-0.2, 0) is 21.0 Å². The Morgan fingerprint density at radius 1 is 1.12 bits per heavy atom. The molecule has 12 heteroatoms. The molecule has 0 bridgehead atoms. The lowest BCUT2D eigenvalue weighted by molar-refractivity contribution is -0.129. The number of carbonyl (C=O) groups is 2. The molecule has 2 aromatic carbocycles. The van der Waals surface area contributed by atoms with Crippen LogP contribution >= 0.6 is 22.6 Å². The normalized spacial score (nSPS) is 11.0. The molecule has 2 aromatic rings. The Morgan fingerprint density at radius 3 is 2.48 bits per heavy atom. The number of ketones is 1. The molecule has 4 N–H and O–H groups in total. The maximum absolute atomic E-state index is 15.0. The van der Waals surface area contributed by atoms with Gasteiger partial charge in [-0.15, -0.1) is 0 Å². The van der Waals surface area contributed by atoms with Crippen LogP contribution < -0.4 is 16.3 Å². The highest BCUT2D eigenvalue weighted by Crippen LogP contribution is 2.30. The van der Waals surface area contributed by atoms with Crippen LogP contribution in [0.5, 0.6) is 0 Å². The maximum Gasteiger partial charge on any atom is 0.277 e. The van der Waals surface area contributed by atoms with Crippen LogP contribution in [0.3, 0.4) is 0 Å². The first kappa shape index (κ1) is 27.0. The molecule has 0 saturated heterocycles. The fourth-order valence-electron chi connectivity index (χ4n) is 2.47. The second-order valence-electron chi connectivity index (χ2n) is 7.07. The lowest BCUT2D eigenvalue weighted by Gasteiger charge is -2.17. The van der Waals surface area contributed by atoms with E-state index in [1.807, 2.05) is 28.1 Å². The van der Waals surface area contributed by atoms with E-state index in [2.05, 4.69) is 10.8 Å². The number of amides is 1. The van der Waals surface area contributed by atoms with Gasteiger partial charge in [-0.3, -0.25) is 19.3 Å². The third-order valence-electron chi connectivity index (χ3n) is 4.30. The van der Waals surface area contributed by atoms with Crippen molar-refractivity contribution in [2.45, 2.75) is 20.4 Å². The summed E-state index contributed by atoms with van der Waals surface area (Å²) >= 11 is 1.89. The van der Waals surface area contributed by atoms with Gasteiger partial charge in [0, 0.05) is 21.6 Å². The van der Waals surface area contributed by atoms with Crippen LogP contribution in [-0.4, -0.2) is 36.6 Å². The van der Waals surface area contributed by atoms with Crippen molar-refractivity contribution in [2.75, 3.05) is 25.1 Å². The summed E-state index contributed by atoms with van der Waals surface area (Å²) in [5, 5.41) is 11.2. The summed E-state index contributed by atoms with van der Waals surface area (Å²) in [4.78, 5) is 33.9. The zero-order valence-corrected chi connectivity index (χ0v) is 20.0. The number of Topliss-reactive ketones (excluding diaryl/α,β-unsaturated/α-hetero) is 1. The molecule has 0 aliphatic heterocycles. The van der Waals surface area contributed by atoms with E-state index in [1.54, 1.807) is 19.9 Å². The smallest absolute Gasteiger partial charge is 0.277 e. The maximum atomic E-state index is 15.0. The fraction of sp³-hybridized carbons (Fsp3) is 0.333. The molecular weight excluding hydrogens is 558 g/mol. The summed E-state index contributed by atoms with van der Waals surface area (Å²) < 4.78 is 44.5. The average Bonchev–Trinajstić information content (AvgIpc) is 2.77. The van der Waals surface area contributed by atoms with Crippen molar-refractivity contribution < 1.29 is 37.5 Å². The van der Waals surface area contributed by atoms with Gasteiger partial charge >= 0.3 is 0 Å². The molecule has 180 valence electrons. The predicted octanol–water partition coefficient (Wildman–Crippen LogP) is 3.35. The number of hydrogen-bond donors (Lipinski definition) is 4. The van der Waals surface area contributed by atoms with Crippen LogP contribution in [0, 0.1) is 26.9 Å². The van der Waals surface area contributed by atoms with Gasteiger partial charge in [0.05, 0.1) is 30.2 Å². The first-order valence-corrected chi connectivity index (χ1v) is 10.9. The number of anilines is 2. The Hall–Kier alpha value is -2.26. The van der Waals surface area contributed by atoms with Crippen molar-refractivity contribution in [3.05, 3.63) is 56.4 Å². The number of hydrogen-bond acceptors (Lipinski definition) is 7. The predicted molar refractivity (Wildman–Crippen MR) is 122 cm³/mol. The minimum Gasteiger partial charge on any atom is -0.394 e. The molecule has 0 fully saturated rings. The summed E-state index contributed by atoms with van der Waals surface area (Å²) in [6.45, 7) is 2.09. The molecule has 0 aromatic heterocycles. The number of carbonyl (C=O) groups excluding carboxylic acids is 2. The highest BCUT2D eigenvalue weighted by molar-refractivity contribution is 14.1. The molecule has 1 amide bonds. The Labute approximate surface area is 201 Å². The van der Waals surface area contributed by atoms with Crippen molar-refractivity contribution in [2.24, 2.45) is 5.92 Å². The van der Waals surface area contributed by atoms with Crippen molar-refractivity contribution in [1.82, 2.24) is 11.0 Å². The monoisotopic (exact) mass is 581 g/mol. The first-order valence-electron chi connectivity index (χ1n) is 9.79. The third kappa shape index (κ3) is 7.64. The third-order valence-corrected chi connectivity index (χ3v) is 4.97. The van der Waals surface area contributed by atoms with Crippen LogP contribution in [0.1, 0.15) is 29.8 Å². The Bertz CT molecular complexity index is 1010. The largest absolute Gasteiger partial charge is 0.394 e. The van der Waals surface area contributed by atoms with E-state index in [1.165, 1.54) is 12.1 Å². The summed E-state index contributed by atoms with van der Waals surface area (Å²) in [7, 11) is 0. The summed E-state index contributed by atoms with van der Waals surface area (Å²) in [5.74, 6) is -4.90. The van der Waals surface area contributed by atoms with Gasteiger partial charge in [0.25, 0.3) is 5.91 Å². The molecule has 0 aliphatic carbocycles. The molecule has 0 aliphatic rings. The van der Waals surface area contributed by atoms with Gasteiger partial charge in [-0.1, -0.05) is 13.8 Å². The highest BCUT2D eigenvalue weighted by Gasteiger charge is 2.24.